The van der Waals surface area contributed by atoms with Gasteiger partial charge in [-0.25, -0.2) is 4.99 Å². The van der Waals surface area contributed by atoms with Gasteiger partial charge in [-0.1, -0.05) is 25.1 Å². The average Bonchev–Trinajstić information content (AvgIpc) is 2.77. The van der Waals surface area contributed by atoms with Gasteiger partial charge in [-0.05, 0) is 18.9 Å². The van der Waals surface area contributed by atoms with Crippen molar-refractivity contribution in [2.45, 2.75) is 31.5 Å². The summed E-state index contributed by atoms with van der Waals surface area (Å²) < 4.78 is 40.4. The molecule has 1 aliphatic carbocycles. The van der Waals surface area contributed by atoms with Crippen LogP contribution in [0, 0.1) is 5.92 Å². The molecule has 21 heavy (non-hydrogen) atoms. The lowest BCUT2D eigenvalue weighted by Crippen LogP contribution is -2.76. The quantitative estimate of drug-likeness (QED) is 0.729. The molecule has 2 atom stereocenters. The van der Waals surface area contributed by atoms with Crippen molar-refractivity contribution in [1.29, 1.82) is 0 Å². The van der Waals surface area contributed by atoms with Crippen LogP contribution < -0.4 is 15.4 Å². The maximum absolute atomic E-state index is 13.5. The lowest BCUT2D eigenvalue weighted by Gasteiger charge is -2.37. The van der Waals surface area contributed by atoms with E-state index in [2.05, 4.69) is 11.6 Å². The predicted octanol–water partition coefficient (Wildman–Crippen LogP) is 0.791. The van der Waals surface area contributed by atoms with E-state index in [1.54, 1.807) is 12.1 Å². The Balaban J connectivity index is 2.33. The maximum atomic E-state index is 13.5. The van der Waals surface area contributed by atoms with Crippen LogP contribution >= 0.6 is 11.6 Å². The number of alkyl halides is 3. The van der Waals surface area contributed by atoms with Crippen LogP contribution in [-0.2, 0) is 0 Å². The van der Waals surface area contributed by atoms with Gasteiger partial charge < -0.3 is 5.11 Å². The lowest BCUT2D eigenvalue weighted by atomic mass is 9.72. The van der Waals surface area contributed by atoms with E-state index in [9.17, 15) is 18.3 Å². The SMILES string of the molecule is C=c1c(Cl)ccc2c1=C1CCC(C)C(O)(C(F)(F)F)C1=[NH+]2. The highest BCUT2D eigenvalue weighted by atomic mass is 35.5. The standard InChI is InChI=1S/C15H13ClF3NO/c1-7-3-4-9-12-8(2)10(16)5-6-11(12)20-13(9)14(7,21)15(17,18)19/h5-7,21H,2-4H2,1H3/p+1. The molecule has 1 aromatic carbocycles. The van der Waals surface area contributed by atoms with E-state index in [4.69, 9.17) is 11.6 Å². The summed E-state index contributed by atoms with van der Waals surface area (Å²) in [5.74, 6) is -0.915. The molecule has 0 saturated heterocycles. The Morgan fingerprint density at radius 3 is 2.71 bits per heavy atom. The van der Waals surface area contributed by atoms with Gasteiger partial charge in [-0.15, -0.1) is 0 Å². The van der Waals surface area contributed by atoms with Gasteiger partial charge in [0.25, 0.3) is 0 Å². The first-order valence-electron chi connectivity index (χ1n) is 6.62. The van der Waals surface area contributed by atoms with E-state index in [0.717, 1.165) is 0 Å². The highest BCUT2D eigenvalue weighted by Crippen LogP contribution is 2.44. The summed E-state index contributed by atoms with van der Waals surface area (Å²) in [6, 6.07) is 3.20. The molecule has 1 heterocycles. The molecule has 2 nitrogen and oxygen atoms in total. The van der Waals surface area contributed by atoms with Crippen molar-refractivity contribution in [2.75, 3.05) is 0 Å². The molecule has 0 amide bonds. The highest BCUT2D eigenvalue weighted by molar-refractivity contribution is 6.31. The van der Waals surface area contributed by atoms with E-state index in [1.165, 1.54) is 6.92 Å². The van der Waals surface area contributed by atoms with E-state index >= 15 is 0 Å². The molecule has 1 aromatic rings. The first-order valence-corrected chi connectivity index (χ1v) is 7.00. The summed E-state index contributed by atoms with van der Waals surface area (Å²) in [4.78, 5) is 2.74. The van der Waals surface area contributed by atoms with Crippen molar-refractivity contribution in [1.82, 2.24) is 0 Å². The van der Waals surface area contributed by atoms with Crippen LogP contribution in [0.3, 0.4) is 0 Å². The van der Waals surface area contributed by atoms with E-state index < -0.39 is 17.7 Å². The monoisotopic (exact) mass is 316 g/mol. The van der Waals surface area contributed by atoms with Crippen molar-refractivity contribution < 1.29 is 23.3 Å². The van der Waals surface area contributed by atoms with Crippen molar-refractivity contribution in [3.05, 3.63) is 27.6 Å². The van der Waals surface area contributed by atoms with Crippen LogP contribution in [0.15, 0.2) is 12.1 Å². The fourth-order valence-electron chi connectivity index (χ4n) is 3.22. The molecule has 0 spiro atoms. The summed E-state index contributed by atoms with van der Waals surface area (Å²) in [6.07, 6.45) is -4.03. The minimum absolute atomic E-state index is 0.170. The molecule has 1 fully saturated rings. The van der Waals surface area contributed by atoms with Gasteiger partial charge in [-0.2, -0.15) is 13.2 Å². The summed E-state index contributed by atoms with van der Waals surface area (Å²) >= 11 is 6.02. The average molecular weight is 317 g/mol. The van der Waals surface area contributed by atoms with Crippen LogP contribution in [0.1, 0.15) is 19.8 Å². The lowest BCUT2D eigenvalue weighted by molar-refractivity contribution is -0.370. The molecular weight excluding hydrogens is 303 g/mol. The Bertz CT molecular complexity index is 768. The smallest absolute Gasteiger partial charge is 0.372 e. The minimum Gasteiger partial charge on any atom is -0.372 e. The number of halogens is 4. The van der Waals surface area contributed by atoms with Crippen LogP contribution in [0.2, 0.25) is 5.02 Å². The Morgan fingerprint density at radius 2 is 2.10 bits per heavy atom. The second kappa shape index (κ2) is 4.34. The number of benzene rings is 1. The first-order chi connectivity index (χ1) is 9.68. The van der Waals surface area contributed by atoms with Crippen molar-refractivity contribution in [2.24, 2.45) is 5.92 Å². The number of hydrogen-bond acceptors (Lipinski definition) is 1. The van der Waals surface area contributed by atoms with Gasteiger partial charge in [0, 0.05) is 27.8 Å². The molecule has 0 aromatic heterocycles. The molecule has 0 radical (unpaired) electrons. The van der Waals surface area contributed by atoms with Gasteiger partial charge in [0.1, 0.15) is 0 Å². The number of fused-ring (bicyclic) bond motifs is 2. The van der Waals surface area contributed by atoms with E-state index in [-0.39, 0.29) is 12.1 Å². The Hall–Kier alpha value is -1.33. The van der Waals surface area contributed by atoms with E-state index in [1.807, 2.05) is 0 Å². The number of nitrogens with one attached hydrogen (secondary N) is 1. The number of aliphatic hydroxyl groups is 1. The first kappa shape index (κ1) is 14.6. The zero-order valence-electron chi connectivity index (χ0n) is 11.3. The van der Waals surface area contributed by atoms with Crippen LogP contribution in [0.4, 0.5) is 18.9 Å². The fraction of sp³-hybridized carbons (Fsp3) is 0.400. The third-order valence-electron chi connectivity index (χ3n) is 4.47. The molecule has 3 rings (SSSR count). The minimum atomic E-state index is -4.74. The van der Waals surface area contributed by atoms with Gasteiger partial charge in [-0.3, -0.25) is 0 Å². The van der Waals surface area contributed by atoms with Gasteiger partial charge >= 0.3 is 6.18 Å². The summed E-state index contributed by atoms with van der Waals surface area (Å²) in [7, 11) is 0. The van der Waals surface area contributed by atoms with Crippen LogP contribution in [0.25, 0.3) is 12.2 Å². The molecular formula is C15H14ClF3NO+. The highest BCUT2D eigenvalue weighted by Gasteiger charge is 2.66. The Labute approximate surface area is 124 Å². The molecule has 1 saturated carbocycles. The third-order valence-corrected chi connectivity index (χ3v) is 4.83. The summed E-state index contributed by atoms with van der Waals surface area (Å²) in [5, 5.41) is 11.9. The van der Waals surface area contributed by atoms with Crippen LogP contribution in [-0.4, -0.2) is 22.6 Å². The van der Waals surface area contributed by atoms with Crippen molar-refractivity contribution in [3.8, 4) is 0 Å². The van der Waals surface area contributed by atoms with Gasteiger partial charge in [0.15, 0.2) is 0 Å². The fourth-order valence-corrected chi connectivity index (χ4v) is 3.38. The summed E-state index contributed by atoms with van der Waals surface area (Å²) in [6.45, 7) is 5.26. The molecule has 0 bridgehead atoms. The number of rotatable bonds is 0. The molecule has 1 aliphatic heterocycles. The van der Waals surface area contributed by atoms with Gasteiger partial charge in [0.05, 0.1) is 5.22 Å². The molecule has 2 unspecified atom stereocenters. The second-order valence-electron chi connectivity index (χ2n) is 5.63. The topological polar surface area (TPSA) is 34.2 Å². The molecule has 112 valence electrons. The third kappa shape index (κ3) is 1.80. The predicted molar refractivity (Wildman–Crippen MR) is 74.7 cm³/mol. The zero-order valence-corrected chi connectivity index (χ0v) is 12.1. The van der Waals surface area contributed by atoms with E-state index in [0.29, 0.717) is 33.1 Å². The molecule has 2 aliphatic rings. The maximum Gasteiger partial charge on any atom is 0.427 e. The number of hydrogen-bond donors (Lipinski definition) is 2. The van der Waals surface area contributed by atoms with Crippen LogP contribution in [0.5, 0.6) is 0 Å². The van der Waals surface area contributed by atoms with Crippen molar-refractivity contribution >= 4 is 35.2 Å². The Morgan fingerprint density at radius 1 is 1.43 bits per heavy atom. The van der Waals surface area contributed by atoms with Crippen molar-refractivity contribution in [3.63, 3.8) is 0 Å². The molecule has 2 N–H and O–H groups in total. The largest absolute Gasteiger partial charge is 0.427 e. The van der Waals surface area contributed by atoms with Gasteiger partial charge in [0.2, 0.25) is 17.0 Å². The normalized spacial score (nSPS) is 28.2. The second-order valence-corrected chi connectivity index (χ2v) is 6.04. The Kier molecular flexibility index (Phi) is 3.01. The summed E-state index contributed by atoms with van der Waals surface area (Å²) in [5.41, 5.74) is -2.05. The zero-order chi connectivity index (χ0) is 15.6. The molecule has 6 heteroatoms.